The van der Waals surface area contributed by atoms with Gasteiger partial charge in [0.15, 0.2) is 0 Å². The molecule has 0 aliphatic carbocycles. The first-order valence-corrected chi connectivity index (χ1v) is 7.18. The normalized spacial score (nSPS) is 14.7. The van der Waals surface area contributed by atoms with Gasteiger partial charge in [0.05, 0.1) is 5.97 Å². The van der Waals surface area contributed by atoms with E-state index in [1.807, 2.05) is 30.3 Å². The van der Waals surface area contributed by atoms with Gasteiger partial charge in [-0.1, -0.05) is 30.3 Å². The predicted octanol–water partition coefficient (Wildman–Crippen LogP) is 1.72. The highest BCUT2D eigenvalue weighted by Crippen LogP contribution is 2.37. The summed E-state index contributed by atoms with van der Waals surface area (Å²) in [7, 11) is 0. The molecule has 0 unspecified atom stereocenters. The number of carboxylic acids is 1. The molecular weight excluding hydrogens is 278 g/mol. The summed E-state index contributed by atoms with van der Waals surface area (Å²) in [4.78, 5) is 11.1. The zero-order valence-corrected chi connectivity index (χ0v) is 12.0. The summed E-state index contributed by atoms with van der Waals surface area (Å²) in [5, 5.41) is 11.1. The van der Waals surface area contributed by atoms with Crippen molar-refractivity contribution < 1.29 is 14.6 Å². The van der Waals surface area contributed by atoms with Crippen LogP contribution in [0.2, 0.25) is 0 Å². The molecule has 0 fully saturated rings. The molecule has 1 aliphatic rings. The number of carbonyl (C=O) groups excluding carboxylic acids is 1. The van der Waals surface area contributed by atoms with E-state index in [2.05, 4.69) is 0 Å². The standard InChI is InChI=1S/C18H17NO3/c19-9-3-6-15-14-5-2-1-4-13(14)11-22-17-8-7-12(18(20)21)10-16(15)17/h1-2,4-8,10H,3,9,11,19H2,(H,20,21)/p-1/b15-6+. The van der Waals surface area contributed by atoms with Crippen LogP contribution in [0.1, 0.15) is 33.5 Å². The van der Waals surface area contributed by atoms with E-state index in [9.17, 15) is 9.90 Å². The van der Waals surface area contributed by atoms with E-state index < -0.39 is 5.97 Å². The molecule has 112 valence electrons. The lowest BCUT2D eigenvalue weighted by molar-refractivity contribution is -0.255. The molecule has 3 rings (SSSR count). The highest BCUT2D eigenvalue weighted by molar-refractivity contribution is 5.91. The van der Waals surface area contributed by atoms with Crippen molar-refractivity contribution in [3.8, 4) is 5.75 Å². The van der Waals surface area contributed by atoms with Gasteiger partial charge >= 0.3 is 0 Å². The number of fused-ring (bicyclic) bond motifs is 2. The molecule has 2 aromatic carbocycles. The lowest BCUT2D eigenvalue weighted by atomic mass is 9.92. The van der Waals surface area contributed by atoms with E-state index in [1.54, 1.807) is 12.1 Å². The predicted molar refractivity (Wildman–Crippen MR) is 82.3 cm³/mol. The number of ether oxygens (including phenoxy) is 1. The molecule has 4 heteroatoms. The van der Waals surface area contributed by atoms with E-state index in [0.717, 1.165) is 22.3 Å². The second-order valence-corrected chi connectivity index (χ2v) is 5.14. The molecule has 0 atom stereocenters. The molecule has 4 nitrogen and oxygen atoms in total. The first kappa shape index (κ1) is 14.4. The molecule has 2 aromatic rings. The van der Waals surface area contributed by atoms with Crippen LogP contribution in [0.15, 0.2) is 48.5 Å². The Morgan fingerprint density at radius 2 is 2.05 bits per heavy atom. The number of carboxylic acid groups (broad SMARTS) is 1. The molecule has 1 heterocycles. The quantitative estimate of drug-likeness (QED) is 0.935. The Balaban J connectivity index is 2.21. The Bertz CT molecular complexity index is 750. The Labute approximate surface area is 128 Å². The number of hydrogen-bond donors (Lipinski definition) is 1. The third kappa shape index (κ3) is 2.61. The minimum atomic E-state index is -1.20. The number of rotatable bonds is 3. The highest BCUT2D eigenvalue weighted by Gasteiger charge is 2.19. The Morgan fingerprint density at radius 3 is 2.82 bits per heavy atom. The Morgan fingerprint density at radius 1 is 1.23 bits per heavy atom. The maximum Gasteiger partial charge on any atom is 0.127 e. The third-order valence-electron chi connectivity index (χ3n) is 3.71. The van der Waals surface area contributed by atoms with Crippen molar-refractivity contribution in [3.05, 3.63) is 70.8 Å². The maximum atomic E-state index is 11.1. The van der Waals surface area contributed by atoms with E-state index in [4.69, 9.17) is 10.5 Å². The van der Waals surface area contributed by atoms with E-state index in [1.165, 1.54) is 6.07 Å². The van der Waals surface area contributed by atoms with Gasteiger partial charge in [0.2, 0.25) is 0 Å². The fraction of sp³-hybridized carbons (Fsp3) is 0.167. The smallest absolute Gasteiger partial charge is 0.127 e. The average Bonchev–Trinajstić information content (AvgIpc) is 2.69. The van der Waals surface area contributed by atoms with E-state index in [0.29, 0.717) is 25.3 Å². The molecule has 0 aromatic heterocycles. The van der Waals surface area contributed by atoms with Crippen LogP contribution in [0.25, 0.3) is 5.57 Å². The van der Waals surface area contributed by atoms with Crippen LogP contribution in [-0.2, 0) is 6.61 Å². The first-order valence-electron chi connectivity index (χ1n) is 7.18. The van der Waals surface area contributed by atoms with Crippen molar-refractivity contribution in [3.63, 3.8) is 0 Å². The van der Waals surface area contributed by atoms with Crippen molar-refractivity contribution in [1.82, 2.24) is 0 Å². The van der Waals surface area contributed by atoms with Gasteiger partial charge in [-0.05, 0) is 53.4 Å². The van der Waals surface area contributed by atoms with E-state index in [-0.39, 0.29) is 5.56 Å². The van der Waals surface area contributed by atoms with Crippen molar-refractivity contribution in [2.24, 2.45) is 5.73 Å². The average molecular weight is 294 g/mol. The van der Waals surface area contributed by atoms with Crippen LogP contribution in [0.3, 0.4) is 0 Å². The third-order valence-corrected chi connectivity index (χ3v) is 3.71. The number of aromatic carboxylic acids is 1. The van der Waals surface area contributed by atoms with Crippen LogP contribution in [0, 0.1) is 0 Å². The summed E-state index contributed by atoms with van der Waals surface area (Å²) in [6.07, 6.45) is 2.74. The Hall–Kier alpha value is -2.59. The van der Waals surface area contributed by atoms with Crippen LogP contribution >= 0.6 is 0 Å². The highest BCUT2D eigenvalue weighted by atomic mass is 16.5. The number of benzene rings is 2. The fourth-order valence-electron chi connectivity index (χ4n) is 2.65. The minimum Gasteiger partial charge on any atom is -0.545 e. The topological polar surface area (TPSA) is 75.4 Å². The van der Waals surface area contributed by atoms with Gasteiger partial charge in [0, 0.05) is 5.56 Å². The maximum absolute atomic E-state index is 11.1. The van der Waals surface area contributed by atoms with Gasteiger partial charge < -0.3 is 20.4 Å². The zero-order valence-electron chi connectivity index (χ0n) is 12.0. The molecule has 0 saturated heterocycles. The molecule has 0 saturated carbocycles. The summed E-state index contributed by atoms with van der Waals surface area (Å²) in [5.74, 6) is -0.525. The molecule has 22 heavy (non-hydrogen) atoms. The number of carbonyl (C=O) groups is 1. The summed E-state index contributed by atoms with van der Waals surface area (Å²) < 4.78 is 5.83. The van der Waals surface area contributed by atoms with Crippen molar-refractivity contribution in [2.45, 2.75) is 13.0 Å². The van der Waals surface area contributed by atoms with Crippen molar-refractivity contribution in [1.29, 1.82) is 0 Å². The molecule has 1 aliphatic heterocycles. The molecule has 0 amide bonds. The van der Waals surface area contributed by atoms with Gasteiger partial charge in [-0.3, -0.25) is 0 Å². The van der Waals surface area contributed by atoms with Crippen LogP contribution in [0.4, 0.5) is 0 Å². The van der Waals surface area contributed by atoms with Gasteiger partial charge in [-0.15, -0.1) is 0 Å². The summed E-state index contributed by atoms with van der Waals surface area (Å²) in [5.41, 5.74) is 9.59. The largest absolute Gasteiger partial charge is 0.545 e. The molecule has 0 spiro atoms. The van der Waals surface area contributed by atoms with Crippen LogP contribution in [-0.4, -0.2) is 12.5 Å². The number of nitrogens with two attached hydrogens (primary N) is 1. The van der Waals surface area contributed by atoms with Gasteiger partial charge in [-0.2, -0.15) is 0 Å². The minimum absolute atomic E-state index is 0.139. The second kappa shape index (κ2) is 6.03. The SMILES string of the molecule is NCC/C=C1\c2ccccc2COc2ccc(C(=O)[O-])cc21. The lowest BCUT2D eigenvalue weighted by Gasteiger charge is -2.13. The summed E-state index contributed by atoms with van der Waals surface area (Å²) in [6.45, 7) is 0.982. The zero-order chi connectivity index (χ0) is 15.5. The lowest BCUT2D eigenvalue weighted by Crippen LogP contribution is -2.22. The van der Waals surface area contributed by atoms with Gasteiger partial charge in [0.1, 0.15) is 12.4 Å². The van der Waals surface area contributed by atoms with Gasteiger partial charge in [-0.25, -0.2) is 0 Å². The van der Waals surface area contributed by atoms with Crippen molar-refractivity contribution in [2.75, 3.05) is 6.54 Å². The second-order valence-electron chi connectivity index (χ2n) is 5.14. The fourth-order valence-corrected chi connectivity index (χ4v) is 2.65. The van der Waals surface area contributed by atoms with Crippen LogP contribution in [0.5, 0.6) is 5.75 Å². The van der Waals surface area contributed by atoms with Crippen LogP contribution < -0.4 is 15.6 Å². The molecule has 0 radical (unpaired) electrons. The Kier molecular flexibility index (Phi) is 3.94. The summed E-state index contributed by atoms with van der Waals surface area (Å²) in [6, 6.07) is 12.7. The van der Waals surface area contributed by atoms with E-state index >= 15 is 0 Å². The van der Waals surface area contributed by atoms with Crippen molar-refractivity contribution >= 4 is 11.5 Å². The van der Waals surface area contributed by atoms with Gasteiger partial charge in [0.25, 0.3) is 0 Å². The summed E-state index contributed by atoms with van der Waals surface area (Å²) >= 11 is 0. The molecular formula is C18H16NO3-. The number of hydrogen-bond acceptors (Lipinski definition) is 4. The molecule has 2 N–H and O–H groups in total. The molecule has 0 bridgehead atoms. The monoisotopic (exact) mass is 294 g/mol. The first-order chi connectivity index (χ1) is 10.7.